The van der Waals surface area contributed by atoms with Gasteiger partial charge in [0.1, 0.15) is 6.04 Å². The minimum atomic E-state index is -2.78. The molecule has 1 aliphatic carbocycles. The predicted molar refractivity (Wildman–Crippen MR) is 43.3 cm³/mol. The Balaban J connectivity index is 0.000000845. The number of carboxylic acid groups (broad SMARTS) is 1. The van der Waals surface area contributed by atoms with E-state index in [1.165, 1.54) is 0 Å². The van der Waals surface area contributed by atoms with Gasteiger partial charge in [-0.2, -0.15) is 0 Å². The molecule has 0 aromatic rings. The fourth-order valence-electron chi connectivity index (χ4n) is 2.16. The van der Waals surface area contributed by atoms with E-state index in [0.717, 1.165) is 0 Å². The van der Waals surface area contributed by atoms with Crippen LogP contribution in [-0.2, 0) is 4.79 Å². The highest BCUT2D eigenvalue weighted by atomic mass is 35.5. The molecule has 2 aliphatic rings. The van der Waals surface area contributed by atoms with E-state index in [1.54, 1.807) is 0 Å². The minimum absolute atomic E-state index is 0. The van der Waals surface area contributed by atoms with Crippen molar-refractivity contribution in [3.05, 3.63) is 0 Å². The van der Waals surface area contributed by atoms with Gasteiger partial charge in [0.05, 0.1) is 5.92 Å². The van der Waals surface area contributed by atoms with Gasteiger partial charge in [-0.05, 0) is 6.42 Å². The number of fused-ring (bicyclic) bond motifs is 2. The van der Waals surface area contributed by atoms with Gasteiger partial charge in [0, 0.05) is 12.5 Å². The predicted octanol–water partition coefficient (Wildman–Crippen LogP) is 0.878. The highest BCUT2D eigenvalue weighted by molar-refractivity contribution is 5.85. The Morgan fingerprint density at radius 3 is 2.46 bits per heavy atom. The highest BCUT2D eigenvalue weighted by Gasteiger charge is 2.59. The second kappa shape index (κ2) is 3.06. The maximum Gasteiger partial charge on any atom is 0.321 e. The van der Waals surface area contributed by atoms with Crippen LogP contribution in [0.5, 0.6) is 0 Å². The van der Waals surface area contributed by atoms with Crippen molar-refractivity contribution in [3.63, 3.8) is 0 Å². The number of carboxylic acids is 1. The maximum atomic E-state index is 12.9. The first kappa shape index (κ1) is 10.7. The summed E-state index contributed by atoms with van der Waals surface area (Å²) in [5.74, 6) is -4.94. The van der Waals surface area contributed by atoms with Crippen LogP contribution < -0.4 is 5.32 Å². The summed E-state index contributed by atoms with van der Waals surface area (Å²) in [5.41, 5.74) is 0. The zero-order chi connectivity index (χ0) is 8.93. The molecule has 2 N–H and O–H groups in total. The fraction of sp³-hybridized carbons (Fsp3) is 0.857. The van der Waals surface area contributed by atoms with Crippen molar-refractivity contribution in [3.8, 4) is 0 Å². The largest absolute Gasteiger partial charge is 0.480 e. The maximum absolute atomic E-state index is 12.9. The number of hydrogen-bond donors (Lipinski definition) is 2. The summed E-state index contributed by atoms with van der Waals surface area (Å²) < 4.78 is 25.9. The normalized spacial score (nSPS) is 40.0. The lowest BCUT2D eigenvalue weighted by molar-refractivity contribution is -0.147. The van der Waals surface area contributed by atoms with Crippen molar-refractivity contribution >= 4 is 18.4 Å². The Bertz CT molecular complexity index is 237. The molecule has 0 aromatic carbocycles. The van der Waals surface area contributed by atoms with Gasteiger partial charge in [0.15, 0.2) is 0 Å². The molecule has 1 saturated heterocycles. The topological polar surface area (TPSA) is 49.3 Å². The molecule has 3 unspecified atom stereocenters. The number of piperidine rings is 1. The molecule has 0 radical (unpaired) electrons. The van der Waals surface area contributed by atoms with Gasteiger partial charge in [0.25, 0.3) is 5.92 Å². The summed E-state index contributed by atoms with van der Waals surface area (Å²) in [6.07, 6.45) is 0.0887. The summed E-state index contributed by atoms with van der Waals surface area (Å²) >= 11 is 0. The third-order valence-corrected chi connectivity index (χ3v) is 2.68. The quantitative estimate of drug-likeness (QED) is 0.680. The van der Waals surface area contributed by atoms with Crippen LogP contribution in [-0.4, -0.2) is 29.1 Å². The van der Waals surface area contributed by atoms with E-state index in [-0.39, 0.29) is 24.9 Å². The number of carbonyl (C=O) groups is 1. The van der Waals surface area contributed by atoms with E-state index in [9.17, 15) is 13.6 Å². The third kappa shape index (κ3) is 1.50. The summed E-state index contributed by atoms with van der Waals surface area (Å²) in [5, 5.41) is 11.2. The molecule has 1 heterocycles. The standard InChI is InChI=1S/C7H9F2NO2.ClH/c8-7(9)2-3-1-4(7)5(10-3)6(11)12;/h3-5,10H,1-2H2,(H,11,12);1H. The average Bonchev–Trinajstić information content (AvgIpc) is 2.40. The van der Waals surface area contributed by atoms with E-state index in [2.05, 4.69) is 5.32 Å². The number of aliphatic carboxylic acids is 1. The lowest BCUT2D eigenvalue weighted by Gasteiger charge is -2.27. The summed E-state index contributed by atoms with van der Waals surface area (Å²) in [7, 11) is 0. The SMILES string of the molecule is Cl.O=C(O)C1NC2CC1C(F)(F)C2. The van der Waals surface area contributed by atoms with E-state index >= 15 is 0 Å². The number of rotatable bonds is 1. The summed E-state index contributed by atoms with van der Waals surface area (Å²) in [6.45, 7) is 0. The Kier molecular flexibility index (Phi) is 2.51. The van der Waals surface area contributed by atoms with E-state index in [1.807, 2.05) is 0 Å². The van der Waals surface area contributed by atoms with Gasteiger partial charge >= 0.3 is 5.97 Å². The number of nitrogens with one attached hydrogen (secondary N) is 1. The van der Waals surface area contributed by atoms with Crippen molar-refractivity contribution in [2.45, 2.75) is 30.8 Å². The van der Waals surface area contributed by atoms with Gasteiger partial charge in [-0.25, -0.2) is 8.78 Å². The van der Waals surface area contributed by atoms with Crippen LogP contribution in [0.1, 0.15) is 12.8 Å². The van der Waals surface area contributed by atoms with Gasteiger partial charge in [-0.3, -0.25) is 4.79 Å². The molecule has 6 heteroatoms. The molecular formula is C7H10ClF2NO2. The minimum Gasteiger partial charge on any atom is -0.480 e. The molecule has 1 aliphatic heterocycles. The Morgan fingerprint density at radius 1 is 1.54 bits per heavy atom. The summed E-state index contributed by atoms with van der Waals surface area (Å²) in [4.78, 5) is 10.5. The number of halogens is 3. The van der Waals surface area contributed by atoms with Gasteiger partial charge < -0.3 is 10.4 Å². The molecular weight excluding hydrogens is 204 g/mol. The zero-order valence-electron chi connectivity index (χ0n) is 6.67. The smallest absolute Gasteiger partial charge is 0.321 e. The van der Waals surface area contributed by atoms with Crippen LogP contribution in [0.4, 0.5) is 8.78 Å². The van der Waals surface area contributed by atoms with Crippen LogP contribution in [0, 0.1) is 5.92 Å². The molecule has 0 amide bonds. The van der Waals surface area contributed by atoms with Crippen LogP contribution in [0.15, 0.2) is 0 Å². The van der Waals surface area contributed by atoms with Crippen molar-refractivity contribution < 1.29 is 18.7 Å². The van der Waals surface area contributed by atoms with Crippen molar-refractivity contribution in [1.29, 1.82) is 0 Å². The average molecular weight is 214 g/mol. The van der Waals surface area contributed by atoms with Gasteiger partial charge in [-0.1, -0.05) is 0 Å². The Morgan fingerprint density at radius 2 is 2.15 bits per heavy atom. The Hall–Kier alpha value is -0.420. The molecule has 76 valence electrons. The molecule has 0 aromatic heterocycles. The Labute approximate surface area is 79.9 Å². The first-order valence-corrected chi connectivity index (χ1v) is 3.87. The van der Waals surface area contributed by atoms with Crippen molar-refractivity contribution in [2.75, 3.05) is 0 Å². The van der Waals surface area contributed by atoms with E-state index in [4.69, 9.17) is 5.11 Å². The summed E-state index contributed by atoms with van der Waals surface area (Å²) in [6, 6.07) is -1.34. The van der Waals surface area contributed by atoms with Crippen LogP contribution in [0.2, 0.25) is 0 Å². The van der Waals surface area contributed by atoms with Crippen molar-refractivity contribution in [1.82, 2.24) is 5.32 Å². The number of alkyl halides is 2. The van der Waals surface area contributed by atoms with Crippen LogP contribution in [0.3, 0.4) is 0 Å². The van der Waals surface area contributed by atoms with Gasteiger partial charge in [-0.15, -0.1) is 12.4 Å². The van der Waals surface area contributed by atoms with E-state index in [0.29, 0.717) is 6.42 Å². The lowest BCUT2D eigenvalue weighted by atomic mass is 9.96. The zero-order valence-corrected chi connectivity index (χ0v) is 7.48. The monoisotopic (exact) mass is 213 g/mol. The van der Waals surface area contributed by atoms with E-state index < -0.39 is 23.9 Å². The molecule has 0 spiro atoms. The number of hydrogen-bond acceptors (Lipinski definition) is 2. The molecule has 2 rings (SSSR count). The molecule has 3 nitrogen and oxygen atoms in total. The molecule has 2 bridgehead atoms. The van der Waals surface area contributed by atoms with Gasteiger partial charge in [0.2, 0.25) is 0 Å². The molecule has 2 fully saturated rings. The molecule has 13 heavy (non-hydrogen) atoms. The molecule has 3 atom stereocenters. The van der Waals surface area contributed by atoms with Crippen molar-refractivity contribution in [2.24, 2.45) is 5.92 Å². The van der Waals surface area contributed by atoms with Crippen LogP contribution >= 0.6 is 12.4 Å². The first-order valence-electron chi connectivity index (χ1n) is 3.87. The third-order valence-electron chi connectivity index (χ3n) is 2.68. The second-order valence-corrected chi connectivity index (χ2v) is 3.49. The second-order valence-electron chi connectivity index (χ2n) is 3.49. The van der Waals surface area contributed by atoms with Crippen LogP contribution in [0.25, 0.3) is 0 Å². The fourth-order valence-corrected chi connectivity index (χ4v) is 2.16. The lowest BCUT2D eigenvalue weighted by Crippen LogP contribution is -2.49. The first-order chi connectivity index (χ1) is 5.50. The highest BCUT2D eigenvalue weighted by Crippen LogP contribution is 2.46. The molecule has 1 saturated carbocycles.